The van der Waals surface area contributed by atoms with Crippen LogP contribution in [0.5, 0.6) is 0 Å². The molecule has 0 aliphatic carbocycles. The van der Waals surface area contributed by atoms with Crippen LogP contribution in [0, 0.1) is 0 Å². The normalized spacial score (nSPS) is 15.8. The third kappa shape index (κ3) is 5.45. The average Bonchev–Trinajstić information content (AvgIpc) is 2.69. The number of ether oxygens (including phenoxy) is 2. The molecule has 1 fully saturated rings. The van der Waals surface area contributed by atoms with Crippen molar-refractivity contribution >= 4 is 35.2 Å². The highest BCUT2D eigenvalue weighted by Gasteiger charge is 2.35. The molecular formula is C22H24Cl2N2O4. The molecule has 0 bridgehead atoms. The van der Waals surface area contributed by atoms with E-state index in [1.54, 1.807) is 30.9 Å². The van der Waals surface area contributed by atoms with Crippen LogP contribution in [0.1, 0.15) is 31.1 Å². The Balaban J connectivity index is 1.63. The van der Waals surface area contributed by atoms with Crippen LogP contribution in [-0.2, 0) is 14.3 Å². The highest BCUT2D eigenvalue weighted by molar-refractivity contribution is 6.31. The van der Waals surface area contributed by atoms with Crippen LogP contribution in [0.25, 0.3) is 0 Å². The Hall–Kier alpha value is -2.28. The molecule has 0 saturated carbocycles. The summed E-state index contributed by atoms with van der Waals surface area (Å²) in [5.41, 5.74) is 1.77. The maximum absolute atomic E-state index is 12.3. The van der Waals surface area contributed by atoms with E-state index in [9.17, 15) is 9.59 Å². The van der Waals surface area contributed by atoms with Gasteiger partial charge in [0, 0.05) is 15.6 Å². The summed E-state index contributed by atoms with van der Waals surface area (Å²) in [5, 5.41) is 3.88. The molecule has 2 aromatic carbocycles. The molecule has 1 aliphatic rings. The molecule has 1 heterocycles. The lowest BCUT2D eigenvalue weighted by atomic mass is 10.0. The van der Waals surface area contributed by atoms with E-state index in [-0.39, 0.29) is 24.8 Å². The number of nitrogens with one attached hydrogen (secondary N) is 1. The molecule has 1 aliphatic heterocycles. The van der Waals surface area contributed by atoms with Gasteiger partial charge in [-0.25, -0.2) is 9.59 Å². The first-order valence-electron chi connectivity index (χ1n) is 9.76. The van der Waals surface area contributed by atoms with Gasteiger partial charge < -0.3 is 19.7 Å². The maximum atomic E-state index is 12.3. The summed E-state index contributed by atoms with van der Waals surface area (Å²) >= 11 is 12.4. The van der Waals surface area contributed by atoms with Crippen molar-refractivity contribution < 1.29 is 19.1 Å². The second kappa shape index (κ2) is 10.2. The van der Waals surface area contributed by atoms with E-state index in [4.69, 9.17) is 32.7 Å². The molecule has 0 spiro atoms. The minimum Gasteiger partial charge on any atom is -0.464 e. The van der Waals surface area contributed by atoms with Crippen molar-refractivity contribution in [3.63, 3.8) is 0 Å². The lowest BCUT2D eigenvalue weighted by Crippen LogP contribution is -2.59. The van der Waals surface area contributed by atoms with Crippen molar-refractivity contribution in [3.8, 4) is 0 Å². The Morgan fingerprint density at radius 2 is 1.80 bits per heavy atom. The second-order valence-corrected chi connectivity index (χ2v) is 7.88. The average molecular weight is 451 g/mol. The van der Waals surface area contributed by atoms with Crippen LogP contribution in [0.4, 0.5) is 4.79 Å². The fourth-order valence-corrected chi connectivity index (χ4v) is 3.50. The SMILES string of the molecule is CCOC(=O)C(C)NC(=O)N1CC(OC(c2ccc(Cl)cc2)c2ccccc2Cl)C1. The number of likely N-dealkylation sites (tertiary alicyclic amines) is 1. The number of amides is 2. The molecule has 8 heteroatoms. The summed E-state index contributed by atoms with van der Waals surface area (Å²) in [6.07, 6.45) is -0.546. The Bertz CT molecular complexity index is 885. The van der Waals surface area contributed by atoms with Gasteiger partial charge in [-0.3, -0.25) is 0 Å². The van der Waals surface area contributed by atoms with Gasteiger partial charge in [-0.1, -0.05) is 53.5 Å². The Morgan fingerprint density at radius 3 is 2.43 bits per heavy atom. The summed E-state index contributed by atoms with van der Waals surface area (Å²) in [6.45, 7) is 4.41. The predicted molar refractivity (Wildman–Crippen MR) is 116 cm³/mol. The van der Waals surface area contributed by atoms with E-state index in [1.807, 2.05) is 36.4 Å². The zero-order valence-electron chi connectivity index (χ0n) is 16.8. The van der Waals surface area contributed by atoms with Gasteiger partial charge >= 0.3 is 12.0 Å². The summed E-state index contributed by atoms with van der Waals surface area (Å²) in [7, 11) is 0. The lowest BCUT2D eigenvalue weighted by Gasteiger charge is -2.41. The first-order chi connectivity index (χ1) is 14.4. The number of hydrogen-bond donors (Lipinski definition) is 1. The van der Waals surface area contributed by atoms with Gasteiger partial charge in [-0.15, -0.1) is 0 Å². The molecule has 3 rings (SSSR count). The van der Waals surface area contributed by atoms with Crippen LogP contribution >= 0.6 is 23.2 Å². The van der Waals surface area contributed by atoms with Crippen LogP contribution in [-0.4, -0.2) is 48.7 Å². The van der Waals surface area contributed by atoms with Crippen LogP contribution in [0.2, 0.25) is 10.0 Å². The maximum Gasteiger partial charge on any atom is 0.328 e. The van der Waals surface area contributed by atoms with Crippen LogP contribution in [0.15, 0.2) is 48.5 Å². The monoisotopic (exact) mass is 450 g/mol. The van der Waals surface area contributed by atoms with Gasteiger partial charge in [0.25, 0.3) is 0 Å². The molecule has 0 aromatic heterocycles. The number of urea groups is 1. The number of carbonyl (C=O) groups excluding carboxylic acids is 2. The number of esters is 1. The summed E-state index contributed by atoms with van der Waals surface area (Å²) < 4.78 is 11.2. The highest BCUT2D eigenvalue weighted by Crippen LogP contribution is 2.34. The summed E-state index contributed by atoms with van der Waals surface area (Å²) in [6, 6.07) is 13.9. The minimum absolute atomic E-state index is 0.161. The van der Waals surface area contributed by atoms with E-state index >= 15 is 0 Å². The number of rotatable bonds is 7. The van der Waals surface area contributed by atoms with Crippen LogP contribution < -0.4 is 5.32 Å². The Kier molecular flexibility index (Phi) is 7.58. The Morgan fingerprint density at radius 1 is 1.13 bits per heavy atom. The Labute approximate surface area is 186 Å². The molecule has 2 unspecified atom stereocenters. The molecule has 0 radical (unpaired) electrons. The quantitative estimate of drug-likeness (QED) is 0.632. The van der Waals surface area contributed by atoms with Gasteiger partial charge in [-0.2, -0.15) is 0 Å². The lowest BCUT2D eigenvalue weighted by molar-refractivity contribution is -0.145. The standard InChI is InChI=1S/C22H24Cl2N2O4/c1-3-29-21(27)14(2)25-22(28)26-12-17(13-26)30-20(15-8-10-16(23)11-9-15)18-6-4-5-7-19(18)24/h4-11,14,17,20H,3,12-13H2,1-2H3,(H,25,28). The van der Waals surface area contributed by atoms with Crippen molar-refractivity contribution in [1.29, 1.82) is 0 Å². The molecule has 30 heavy (non-hydrogen) atoms. The molecule has 1 saturated heterocycles. The van der Waals surface area contributed by atoms with Crippen LogP contribution in [0.3, 0.4) is 0 Å². The van der Waals surface area contributed by atoms with Crippen molar-refractivity contribution in [2.45, 2.75) is 32.1 Å². The summed E-state index contributed by atoms with van der Waals surface area (Å²) in [4.78, 5) is 25.6. The number of nitrogens with zero attached hydrogens (tertiary/aromatic N) is 1. The fraction of sp³-hybridized carbons (Fsp3) is 0.364. The molecule has 6 nitrogen and oxygen atoms in total. The molecule has 2 atom stereocenters. The third-order valence-electron chi connectivity index (χ3n) is 4.80. The fourth-order valence-electron chi connectivity index (χ4n) is 3.14. The van der Waals surface area contributed by atoms with Gasteiger partial charge in [0.15, 0.2) is 0 Å². The number of benzene rings is 2. The molecule has 2 amide bonds. The zero-order valence-corrected chi connectivity index (χ0v) is 18.3. The van der Waals surface area contributed by atoms with Crippen molar-refractivity contribution in [2.75, 3.05) is 19.7 Å². The zero-order chi connectivity index (χ0) is 21.7. The highest BCUT2D eigenvalue weighted by atomic mass is 35.5. The third-order valence-corrected chi connectivity index (χ3v) is 5.40. The predicted octanol–water partition coefficient (Wildman–Crippen LogP) is 4.44. The minimum atomic E-state index is -0.706. The van der Waals surface area contributed by atoms with E-state index in [0.29, 0.717) is 23.1 Å². The number of hydrogen-bond acceptors (Lipinski definition) is 4. The van der Waals surface area contributed by atoms with E-state index in [2.05, 4.69) is 5.32 Å². The van der Waals surface area contributed by atoms with Crippen molar-refractivity contribution in [2.24, 2.45) is 0 Å². The summed E-state index contributed by atoms with van der Waals surface area (Å²) in [5.74, 6) is -0.458. The number of halogens is 2. The van der Waals surface area contributed by atoms with E-state index in [0.717, 1.165) is 11.1 Å². The smallest absolute Gasteiger partial charge is 0.328 e. The van der Waals surface area contributed by atoms with E-state index < -0.39 is 12.0 Å². The molecule has 160 valence electrons. The first kappa shape index (κ1) is 22.4. The van der Waals surface area contributed by atoms with Gasteiger partial charge in [0.2, 0.25) is 0 Å². The van der Waals surface area contributed by atoms with Crippen molar-refractivity contribution in [1.82, 2.24) is 10.2 Å². The number of carbonyl (C=O) groups is 2. The second-order valence-electron chi connectivity index (χ2n) is 7.04. The first-order valence-corrected chi connectivity index (χ1v) is 10.5. The van der Waals surface area contributed by atoms with Gasteiger partial charge in [-0.05, 0) is 37.6 Å². The topological polar surface area (TPSA) is 67.9 Å². The molecular weight excluding hydrogens is 427 g/mol. The largest absolute Gasteiger partial charge is 0.464 e. The van der Waals surface area contributed by atoms with Gasteiger partial charge in [0.1, 0.15) is 12.1 Å². The van der Waals surface area contributed by atoms with Crippen molar-refractivity contribution in [3.05, 3.63) is 69.7 Å². The molecule has 1 N–H and O–H groups in total. The molecule has 2 aromatic rings. The van der Waals surface area contributed by atoms with Gasteiger partial charge in [0.05, 0.1) is 25.8 Å². The van der Waals surface area contributed by atoms with E-state index in [1.165, 1.54) is 0 Å².